The minimum atomic E-state index is -3.39. The quantitative estimate of drug-likeness (QED) is 0.218. The molecular weight excluding hydrogens is 532 g/mol. The van der Waals surface area contributed by atoms with E-state index in [0.717, 1.165) is 17.7 Å². The lowest BCUT2D eigenvalue weighted by atomic mass is 10.2. The van der Waals surface area contributed by atoms with Crippen molar-refractivity contribution in [3.8, 4) is 5.75 Å². The first-order chi connectivity index (χ1) is 17.2. The number of ether oxygens (including phenoxy) is 2. The maximum atomic E-state index is 14.6. The van der Waals surface area contributed by atoms with Gasteiger partial charge in [-0.2, -0.15) is 0 Å². The molecule has 2 unspecified atom stereocenters. The molecule has 1 aromatic carbocycles. The van der Waals surface area contributed by atoms with Gasteiger partial charge >= 0.3 is 18.3 Å². The number of carbonyl (C=O) groups is 1. The maximum absolute atomic E-state index is 14.6. The van der Waals surface area contributed by atoms with Crippen molar-refractivity contribution in [2.45, 2.75) is 58.5 Å². The van der Waals surface area contributed by atoms with Gasteiger partial charge in [-0.05, 0) is 51.6 Å². The molecule has 0 aliphatic rings. The minimum Gasteiger partial charge on any atom is -0.462 e. The number of nitrogens with zero attached hydrogens (tertiary/aromatic N) is 1. The van der Waals surface area contributed by atoms with Crippen molar-refractivity contribution in [2.75, 3.05) is 13.7 Å². The summed E-state index contributed by atoms with van der Waals surface area (Å²) in [5.74, 6) is -2.64. The van der Waals surface area contributed by atoms with Gasteiger partial charge in [0.05, 0.1) is 6.10 Å². The fourth-order valence-corrected chi connectivity index (χ4v) is 4.81. The lowest BCUT2D eigenvalue weighted by Crippen LogP contribution is -2.43. The second kappa shape index (κ2) is 15.1. The Morgan fingerprint density at radius 2 is 1.84 bits per heavy atom. The molecule has 0 saturated heterocycles. The largest absolute Gasteiger partial charge is 0.462 e. The number of rotatable bonds is 12. The summed E-state index contributed by atoms with van der Waals surface area (Å²) in [4.78, 5) is 35.1. The molecule has 0 radical (unpaired) electrons. The van der Waals surface area contributed by atoms with Crippen LogP contribution in [0.25, 0.3) is 0 Å². The topological polar surface area (TPSA) is 161 Å². The third-order valence-electron chi connectivity index (χ3n) is 4.47. The number of methoxy groups -OCH3 is 1. The lowest BCUT2D eigenvalue weighted by Gasteiger charge is -2.31. The van der Waals surface area contributed by atoms with Crippen LogP contribution in [-0.4, -0.2) is 63.6 Å². The second-order valence-electron chi connectivity index (χ2n) is 7.90. The molecule has 4 N–H and O–H groups in total. The number of H-pyrrole nitrogens is 1. The van der Waals surface area contributed by atoms with E-state index in [2.05, 4.69) is 5.09 Å². The van der Waals surface area contributed by atoms with Gasteiger partial charge in [0.1, 0.15) is 31.2 Å². The second-order valence-corrected chi connectivity index (χ2v) is 11.0. The van der Waals surface area contributed by atoms with E-state index in [0.29, 0.717) is 5.75 Å². The number of halogens is 1. The first-order valence-electron chi connectivity index (χ1n) is 11.1. The smallest absolute Gasteiger partial charge is 0.330 e. The molecule has 0 spiro atoms. The molecular formula is C22H33FN3O9PS. The van der Waals surface area contributed by atoms with Gasteiger partial charge < -0.3 is 28.7 Å². The van der Waals surface area contributed by atoms with Gasteiger partial charge in [0.25, 0.3) is 11.4 Å². The number of benzene rings is 1. The number of hydrogen-bond acceptors (Lipinski definition) is 10. The number of esters is 1. The van der Waals surface area contributed by atoms with E-state index in [1.54, 1.807) is 44.2 Å². The fourth-order valence-electron chi connectivity index (χ4n) is 2.41. The van der Waals surface area contributed by atoms with E-state index in [4.69, 9.17) is 35.4 Å². The van der Waals surface area contributed by atoms with E-state index in [-0.39, 0.29) is 6.10 Å². The van der Waals surface area contributed by atoms with Crippen molar-refractivity contribution in [1.82, 2.24) is 14.6 Å². The van der Waals surface area contributed by atoms with Gasteiger partial charge in [-0.1, -0.05) is 18.2 Å². The number of alkyl halides is 1. The fraction of sp³-hybridized carbons (Fsp3) is 0.500. The highest BCUT2D eigenvalue weighted by Gasteiger charge is 2.39. The number of nitrogens with one attached hydrogen (secondary N) is 2. The average molecular weight is 566 g/mol. The van der Waals surface area contributed by atoms with Crippen LogP contribution in [0.3, 0.4) is 0 Å². The Balaban J connectivity index is 0.000000568. The van der Waals surface area contributed by atoms with Gasteiger partial charge in [0.2, 0.25) is 0 Å². The lowest BCUT2D eigenvalue weighted by molar-refractivity contribution is -0.201. The third kappa shape index (κ3) is 11.2. The standard InChI is InChI=1S/C17H27FNO6PS.C5H6N2O3/c1-12(2)24-16(21)13(3)19-26(27,25-15-9-7-6-8-10-15)23-11-17(18,22-5)14(4)20;8-3-7-2-1-4(9)6-5(7)10/h6-10,12-14,20H,11H2,1-5H3,(H,19,27);1-2,8H,3H2,(H,6,9,10)/t13?,14-,17+,26?;/m0./s1. The van der Waals surface area contributed by atoms with Crippen molar-refractivity contribution in [3.05, 3.63) is 63.4 Å². The summed E-state index contributed by atoms with van der Waals surface area (Å²) >= 11 is 5.44. The minimum absolute atomic E-state index is 0.308. The predicted octanol–water partition coefficient (Wildman–Crippen LogP) is 1.42. The van der Waals surface area contributed by atoms with Crippen LogP contribution in [0.5, 0.6) is 5.75 Å². The number of aromatic amines is 1. The summed E-state index contributed by atoms with van der Waals surface area (Å²) in [6, 6.07) is 8.86. The molecule has 2 rings (SSSR count). The Hall–Kier alpha value is -2.45. The molecule has 37 heavy (non-hydrogen) atoms. The number of aliphatic hydroxyl groups excluding tert-OH is 2. The van der Waals surface area contributed by atoms with Crippen LogP contribution in [0.2, 0.25) is 0 Å². The molecule has 12 nitrogen and oxygen atoms in total. The van der Waals surface area contributed by atoms with Crippen LogP contribution >= 0.6 is 6.64 Å². The monoisotopic (exact) mass is 565 g/mol. The zero-order chi connectivity index (χ0) is 28.2. The molecule has 0 fully saturated rings. The summed E-state index contributed by atoms with van der Waals surface area (Å²) in [5, 5.41) is 20.8. The Bertz CT molecular complexity index is 1150. The Morgan fingerprint density at radius 1 is 1.22 bits per heavy atom. The molecule has 15 heteroatoms. The molecule has 0 aliphatic carbocycles. The third-order valence-corrected chi connectivity index (χ3v) is 6.95. The zero-order valence-corrected chi connectivity index (χ0v) is 22.8. The van der Waals surface area contributed by atoms with Crippen LogP contribution in [0.15, 0.2) is 52.2 Å². The van der Waals surface area contributed by atoms with Crippen molar-refractivity contribution in [3.63, 3.8) is 0 Å². The number of aromatic nitrogens is 2. The molecule has 1 aromatic heterocycles. The van der Waals surface area contributed by atoms with Crippen LogP contribution < -0.4 is 20.9 Å². The molecule has 1 heterocycles. The summed E-state index contributed by atoms with van der Waals surface area (Å²) in [6.07, 6.45) is -0.551. The first kappa shape index (κ1) is 32.6. The zero-order valence-electron chi connectivity index (χ0n) is 21.1. The highest BCUT2D eigenvalue weighted by molar-refractivity contribution is 8.09. The average Bonchev–Trinajstić information content (AvgIpc) is 2.83. The van der Waals surface area contributed by atoms with Gasteiger partial charge in [-0.15, -0.1) is 0 Å². The summed E-state index contributed by atoms with van der Waals surface area (Å²) < 4.78 is 36.6. The van der Waals surface area contributed by atoms with Crippen molar-refractivity contribution in [1.29, 1.82) is 0 Å². The van der Waals surface area contributed by atoms with E-state index < -0.39 is 55.2 Å². The Labute approximate surface area is 218 Å². The van der Waals surface area contributed by atoms with Crippen molar-refractivity contribution < 1.29 is 37.9 Å². The summed E-state index contributed by atoms with van der Waals surface area (Å²) in [7, 11) is 1.10. The molecule has 0 bridgehead atoms. The highest BCUT2D eigenvalue weighted by Crippen LogP contribution is 2.46. The molecule has 4 atom stereocenters. The van der Waals surface area contributed by atoms with Crippen LogP contribution in [0, 0.1) is 0 Å². The van der Waals surface area contributed by atoms with Crippen LogP contribution in [0.4, 0.5) is 4.39 Å². The number of hydrogen-bond donors (Lipinski definition) is 4. The van der Waals surface area contributed by atoms with Gasteiger partial charge in [-0.25, -0.2) is 14.3 Å². The Kier molecular flexibility index (Phi) is 13.3. The van der Waals surface area contributed by atoms with Crippen LogP contribution in [-0.2, 0) is 37.3 Å². The van der Waals surface area contributed by atoms with Crippen molar-refractivity contribution in [2.24, 2.45) is 0 Å². The van der Waals surface area contributed by atoms with Crippen molar-refractivity contribution >= 4 is 24.4 Å². The van der Waals surface area contributed by atoms with Gasteiger partial charge in [0, 0.05) is 19.4 Å². The normalized spacial score (nSPS) is 15.9. The SMILES string of the molecule is CO[C@](F)(COP(=S)(NC(C)C(=O)OC(C)C)Oc1ccccc1)[C@H](C)O.O=c1ccn(CO)c(=O)[nH]1. The summed E-state index contributed by atoms with van der Waals surface area (Å²) in [5.41, 5.74) is -1.07. The van der Waals surface area contributed by atoms with E-state index >= 15 is 0 Å². The van der Waals surface area contributed by atoms with E-state index in [1.165, 1.54) is 20.0 Å². The molecule has 2 aromatic rings. The predicted molar refractivity (Wildman–Crippen MR) is 137 cm³/mol. The van der Waals surface area contributed by atoms with E-state index in [9.17, 15) is 23.9 Å². The summed E-state index contributed by atoms with van der Waals surface area (Å²) in [6.45, 7) is 1.70. The molecule has 0 aliphatic heterocycles. The molecule has 0 amide bonds. The van der Waals surface area contributed by atoms with Gasteiger partial charge in [0.15, 0.2) is 0 Å². The van der Waals surface area contributed by atoms with Crippen LogP contribution in [0.1, 0.15) is 27.7 Å². The number of aliphatic hydroxyl groups is 2. The van der Waals surface area contributed by atoms with E-state index in [1.807, 2.05) is 4.98 Å². The highest BCUT2D eigenvalue weighted by atomic mass is 32.5. The molecule has 208 valence electrons. The maximum Gasteiger partial charge on any atom is 0.330 e. The number of carbonyl (C=O) groups excluding carboxylic acids is 1. The first-order valence-corrected chi connectivity index (χ1v) is 13.7. The van der Waals surface area contributed by atoms with Gasteiger partial charge in [-0.3, -0.25) is 19.1 Å². The Morgan fingerprint density at radius 3 is 2.32 bits per heavy atom. The molecule has 0 saturated carbocycles. The number of para-hydroxylation sites is 1.